The molecule has 3 aliphatic carbocycles. The molecule has 0 radical (unpaired) electrons. The van der Waals surface area contributed by atoms with Gasteiger partial charge in [-0.05, 0) is 62.8 Å². The molecule has 18 heavy (non-hydrogen) atoms. The molecule has 0 saturated heterocycles. The summed E-state index contributed by atoms with van der Waals surface area (Å²) in [6.07, 6.45) is 14.8. The normalized spacial score (nSPS) is 39.5. The summed E-state index contributed by atoms with van der Waals surface area (Å²) in [5, 5.41) is 13.6. The molecule has 0 bridgehead atoms. The van der Waals surface area contributed by atoms with E-state index in [9.17, 15) is 5.11 Å². The molecule has 2 heteroatoms. The van der Waals surface area contributed by atoms with Gasteiger partial charge in [-0.15, -0.1) is 0 Å². The third-order valence-corrected chi connectivity index (χ3v) is 5.93. The van der Waals surface area contributed by atoms with Crippen LogP contribution in [0.3, 0.4) is 0 Å². The Bertz CT molecular complexity index is 272. The summed E-state index contributed by atoms with van der Waals surface area (Å²) in [4.78, 5) is 0. The van der Waals surface area contributed by atoms with Gasteiger partial charge in [0, 0.05) is 6.04 Å². The standard InChI is InChI=1S/C16H29NO/c18-14-6-4-5-13(11-14)12-17-15-7-10-16(15)8-2-1-3-9-16/h13-15,17-18H,1-12H2. The molecule has 2 N–H and O–H groups in total. The third kappa shape index (κ3) is 2.60. The molecule has 3 rings (SSSR count). The lowest BCUT2D eigenvalue weighted by Gasteiger charge is -2.53. The fraction of sp³-hybridized carbons (Fsp3) is 1.00. The number of rotatable bonds is 3. The van der Waals surface area contributed by atoms with E-state index in [2.05, 4.69) is 5.32 Å². The number of nitrogens with one attached hydrogen (secondary N) is 1. The summed E-state index contributed by atoms with van der Waals surface area (Å²) in [5.74, 6) is 0.731. The molecule has 0 aliphatic heterocycles. The molecule has 0 amide bonds. The molecule has 0 heterocycles. The van der Waals surface area contributed by atoms with Gasteiger partial charge in [-0.3, -0.25) is 0 Å². The van der Waals surface area contributed by atoms with Crippen molar-refractivity contribution in [1.29, 1.82) is 0 Å². The van der Waals surface area contributed by atoms with Crippen LogP contribution in [0.4, 0.5) is 0 Å². The van der Waals surface area contributed by atoms with Crippen molar-refractivity contribution in [2.24, 2.45) is 11.3 Å². The quantitative estimate of drug-likeness (QED) is 0.807. The first-order valence-electron chi connectivity index (χ1n) is 8.20. The van der Waals surface area contributed by atoms with Crippen LogP contribution in [0.25, 0.3) is 0 Å². The van der Waals surface area contributed by atoms with Crippen LogP contribution in [0.2, 0.25) is 0 Å². The lowest BCUT2D eigenvalue weighted by atomic mass is 9.57. The SMILES string of the molecule is OC1CCCC(CNC2CCC23CCCCC3)C1. The predicted molar refractivity (Wildman–Crippen MR) is 74.5 cm³/mol. The highest BCUT2D eigenvalue weighted by Gasteiger charge is 2.46. The zero-order valence-corrected chi connectivity index (χ0v) is 11.7. The van der Waals surface area contributed by atoms with E-state index < -0.39 is 0 Å². The van der Waals surface area contributed by atoms with Crippen molar-refractivity contribution in [3.63, 3.8) is 0 Å². The maximum atomic E-state index is 9.73. The molecule has 0 aromatic rings. The highest BCUT2D eigenvalue weighted by atomic mass is 16.3. The lowest BCUT2D eigenvalue weighted by molar-refractivity contribution is 0.0171. The van der Waals surface area contributed by atoms with Gasteiger partial charge in [0.25, 0.3) is 0 Å². The molecule has 3 saturated carbocycles. The minimum Gasteiger partial charge on any atom is -0.393 e. The van der Waals surface area contributed by atoms with Crippen molar-refractivity contribution < 1.29 is 5.11 Å². The zero-order valence-electron chi connectivity index (χ0n) is 11.7. The lowest BCUT2D eigenvalue weighted by Crippen LogP contribution is -2.55. The van der Waals surface area contributed by atoms with Crippen LogP contribution in [-0.2, 0) is 0 Å². The zero-order chi connectivity index (χ0) is 12.4. The van der Waals surface area contributed by atoms with E-state index in [1.165, 1.54) is 57.8 Å². The minimum atomic E-state index is -0.0180. The summed E-state index contributed by atoms with van der Waals surface area (Å²) in [6.45, 7) is 1.16. The Kier molecular flexibility index (Phi) is 3.95. The minimum absolute atomic E-state index is 0.0180. The summed E-state index contributed by atoms with van der Waals surface area (Å²) in [6, 6.07) is 0.803. The van der Waals surface area contributed by atoms with Crippen molar-refractivity contribution in [3.05, 3.63) is 0 Å². The molecule has 3 atom stereocenters. The van der Waals surface area contributed by atoms with E-state index in [4.69, 9.17) is 0 Å². The van der Waals surface area contributed by atoms with Crippen LogP contribution < -0.4 is 5.32 Å². The fourth-order valence-corrected chi connectivity index (χ4v) is 4.63. The Balaban J connectivity index is 1.45. The van der Waals surface area contributed by atoms with Gasteiger partial charge in [-0.1, -0.05) is 25.7 Å². The summed E-state index contributed by atoms with van der Waals surface area (Å²) in [5.41, 5.74) is 0.686. The maximum Gasteiger partial charge on any atom is 0.0543 e. The van der Waals surface area contributed by atoms with E-state index in [0.29, 0.717) is 5.41 Å². The van der Waals surface area contributed by atoms with E-state index >= 15 is 0 Å². The van der Waals surface area contributed by atoms with Gasteiger partial charge in [-0.2, -0.15) is 0 Å². The van der Waals surface area contributed by atoms with Crippen LogP contribution in [0.15, 0.2) is 0 Å². The van der Waals surface area contributed by atoms with Crippen LogP contribution in [0.1, 0.15) is 70.6 Å². The molecule has 0 aromatic carbocycles. The molecule has 3 unspecified atom stereocenters. The highest BCUT2D eigenvalue weighted by molar-refractivity contribution is 5.01. The van der Waals surface area contributed by atoms with E-state index in [1.54, 1.807) is 0 Å². The maximum absolute atomic E-state index is 9.73. The second-order valence-corrected chi connectivity index (χ2v) is 7.11. The number of aliphatic hydroxyl groups excluding tert-OH is 1. The fourth-order valence-electron chi connectivity index (χ4n) is 4.63. The van der Waals surface area contributed by atoms with Gasteiger partial charge in [0.05, 0.1) is 6.10 Å². The molecular weight excluding hydrogens is 222 g/mol. The molecular formula is C16H29NO. The van der Waals surface area contributed by atoms with Crippen molar-refractivity contribution in [3.8, 4) is 0 Å². The van der Waals surface area contributed by atoms with Crippen LogP contribution in [0.5, 0.6) is 0 Å². The smallest absolute Gasteiger partial charge is 0.0543 e. The Morgan fingerprint density at radius 1 is 0.944 bits per heavy atom. The van der Waals surface area contributed by atoms with Crippen molar-refractivity contribution in [1.82, 2.24) is 5.32 Å². The van der Waals surface area contributed by atoms with Crippen LogP contribution in [0, 0.1) is 11.3 Å². The monoisotopic (exact) mass is 251 g/mol. The first kappa shape index (κ1) is 12.9. The average Bonchev–Trinajstić information content (AvgIpc) is 2.39. The van der Waals surface area contributed by atoms with Crippen LogP contribution in [-0.4, -0.2) is 23.8 Å². The average molecular weight is 251 g/mol. The largest absolute Gasteiger partial charge is 0.393 e. The number of hydrogen-bond acceptors (Lipinski definition) is 2. The first-order chi connectivity index (χ1) is 8.78. The Morgan fingerprint density at radius 2 is 1.78 bits per heavy atom. The van der Waals surface area contributed by atoms with Crippen LogP contribution >= 0.6 is 0 Å². The van der Waals surface area contributed by atoms with Gasteiger partial charge in [0.1, 0.15) is 0 Å². The first-order valence-corrected chi connectivity index (χ1v) is 8.20. The van der Waals surface area contributed by atoms with Gasteiger partial charge in [0.2, 0.25) is 0 Å². The van der Waals surface area contributed by atoms with E-state index in [-0.39, 0.29) is 6.10 Å². The Hall–Kier alpha value is -0.0800. The van der Waals surface area contributed by atoms with Crippen molar-refractivity contribution >= 4 is 0 Å². The van der Waals surface area contributed by atoms with Crippen molar-refractivity contribution in [2.45, 2.75) is 82.8 Å². The summed E-state index contributed by atoms with van der Waals surface area (Å²) < 4.78 is 0. The molecule has 3 aliphatic rings. The topological polar surface area (TPSA) is 32.3 Å². The second kappa shape index (κ2) is 5.50. The van der Waals surface area contributed by atoms with Gasteiger partial charge < -0.3 is 10.4 Å². The van der Waals surface area contributed by atoms with Crippen molar-refractivity contribution in [2.75, 3.05) is 6.54 Å². The summed E-state index contributed by atoms with van der Waals surface area (Å²) >= 11 is 0. The number of hydrogen-bond donors (Lipinski definition) is 2. The van der Waals surface area contributed by atoms with Gasteiger partial charge >= 0.3 is 0 Å². The van der Waals surface area contributed by atoms with E-state index in [1.807, 2.05) is 0 Å². The Labute approximate surface area is 112 Å². The third-order valence-electron chi connectivity index (χ3n) is 5.93. The molecule has 3 fully saturated rings. The van der Waals surface area contributed by atoms with E-state index in [0.717, 1.165) is 31.3 Å². The predicted octanol–water partition coefficient (Wildman–Crippen LogP) is 3.24. The number of aliphatic hydroxyl groups is 1. The van der Waals surface area contributed by atoms with Gasteiger partial charge in [0.15, 0.2) is 0 Å². The molecule has 1 spiro atoms. The molecule has 0 aromatic heterocycles. The molecule has 2 nitrogen and oxygen atoms in total. The Morgan fingerprint density at radius 3 is 2.44 bits per heavy atom. The molecule has 104 valence electrons. The highest BCUT2D eigenvalue weighted by Crippen LogP contribution is 2.51. The second-order valence-electron chi connectivity index (χ2n) is 7.11. The van der Waals surface area contributed by atoms with Gasteiger partial charge in [-0.25, -0.2) is 0 Å². The summed E-state index contributed by atoms with van der Waals surface area (Å²) in [7, 11) is 0.